The fourth-order valence-electron chi connectivity index (χ4n) is 0.213. The van der Waals surface area contributed by atoms with Crippen molar-refractivity contribution in [1.82, 2.24) is 5.32 Å². The molecule has 0 aromatic heterocycles. The Morgan fingerprint density at radius 3 is 2.78 bits per heavy atom. The molecule has 0 aromatic carbocycles. The molecule has 9 heavy (non-hydrogen) atoms. The van der Waals surface area contributed by atoms with Gasteiger partial charge in [-0.1, -0.05) is 0 Å². The van der Waals surface area contributed by atoms with Crippen molar-refractivity contribution in [3.05, 3.63) is 0 Å². The molecule has 45 valence electrons. The standard InChI is InChI=1S/C4H6N2O2.K/c1-2-8-4(7)6-3-5;/h2H2,1H3,(H,6,7);. The van der Waals surface area contributed by atoms with Gasteiger partial charge in [0.15, 0.2) is 6.19 Å². The molecule has 0 bridgehead atoms. The number of carbonyl (C=O) groups excluding carboxylic acids is 1. The topological polar surface area (TPSA) is 62.1 Å². The number of nitrogens with zero attached hydrogens (tertiary/aromatic N) is 1. The fraction of sp³-hybridized carbons (Fsp3) is 0.500. The number of amides is 1. The van der Waals surface area contributed by atoms with Crippen LogP contribution in [0.1, 0.15) is 6.92 Å². The average Bonchev–Trinajstić information content (AvgIpc) is 1.68. The molecule has 0 fully saturated rings. The van der Waals surface area contributed by atoms with Gasteiger partial charge in [-0.3, -0.25) is 0 Å². The summed E-state index contributed by atoms with van der Waals surface area (Å²) in [5.74, 6) is 0. The molecule has 0 aliphatic rings. The predicted molar refractivity (Wildman–Crippen MR) is 31.5 cm³/mol. The van der Waals surface area contributed by atoms with Crippen LogP contribution < -0.4 is 5.32 Å². The first-order chi connectivity index (χ1) is 3.81. The first-order valence-electron chi connectivity index (χ1n) is 2.13. The van der Waals surface area contributed by atoms with E-state index in [-0.39, 0.29) is 58.0 Å². The number of nitrogens with one attached hydrogen (secondary N) is 1. The van der Waals surface area contributed by atoms with Gasteiger partial charge in [-0.2, -0.15) is 5.26 Å². The van der Waals surface area contributed by atoms with E-state index in [1.54, 1.807) is 12.2 Å². The normalized spacial score (nSPS) is 6.22. The van der Waals surface area contributed by atoms with E-state index in [4.69, 9.17) is 5.26 Å². The third kappa shape index (κ3) is 8.40. The minimum atomic E-state index is -0.699. The average molecular weight is 153 g/mol. The van der Waals surface area contributed by atoms with Gasteiger partial charge in [0, 0.05) is 51.4 Å². The summed E-state index contributed by atoms with van der Waals surface area (Å²) in [6.45, 7) is 1.95. The van der Waals surface area contributed by atoms with Crippen LogP contribution in [-0.2, 0) is 4.74 Å². The molecule has 0 saturated carbocycles. The third-order valence-corrected chi connectivity index (χ3v) is 0.433. The summed E-state index contributed by atoms with van der Waals surface area (Å²) in [5, 5.41) is 9.59. The number of nitriles is 1. The maximum absolute atomic E-state index is 10.1. The van der Waals surface area contributed by atoms with Crippen molar-refractivity contribution >= 4 is 57.5 Å². The maximum Gasteiger partial charge on any atom is 0.420 e. The van der Waals surface area contributed by atoms with E-state index in [0.717, 1.165) is 0 Å². The summed E-state index contributed by atoms with van der Waals surface area (Å²) < 4.78 is 4.31. The molecule has 1 radical (unpaired) electrons. The second-order valence-electron chi connectivity index (χ2n) is 0.957. The Kier molecular flexibility index (Phi) is 11.3. The molecule has 0 aromatic rings. The summed E-state index contributed by atoms with van der Waals surface area (Å²) in [7, 11) is 0. The van der Waals surface area contributed by atoms with Crippen molar-refractivity contribution < 1.29 is 9.53 Å². The van der Waals surface area contributed by atoms with Crippen LogP contribution in [0.3, 0.4) is 0 Å². The Labute approximate surface area is 96.0 Å². The first-order valence-corrected chi connectivity index (χ1v) is 2.13. The Hall–Kier alpha value is 0.396. The number of hydrogen-bond acceptors (Lipinski definition) is 3. The molecule has 0 rings (SSSR count). The molecular formula is C4H6KN2O2. The molecule has 0 heterocycles. The molecule has 4 nitrogen and oxygen atoms in total. The monoisotopic (exact) mass is 153 g/mol. The van der Waals surface area contributed by atoms with Crippen LogP contribution in [0.5, 0.6) is 0 Å². The van der Waals surface area contributed by atoms with Crippen LogP contribution >= 0.6 is 0 Å². The minimum Gasteiger partial charge on any atom is -0.449 e. The van der Waals surface area contributed by atoms with Crippen LogP contribution in [0, 0.1) is 11.5 Å². The zero-order valence-corrected chi connectivity index (χ0v) is 8.59. The Balaban J connectivity index is 0. The zero-order chi connectivity index (χ0) is 6.41. The molecule has 0 saturated heterocycles. The van der Waals surface area contributed by atoms with E-state index in [0.29, 0.717) is 0 Å². The Morgan fingerprint density at radius 2 is 2.44 bits per heavy atom. The minimum absolute atomic E-state index is 0. The largest absolute Gasteiger partial charge is 0.449 e. The molecule has 0 aliphatic heterocycles. The van der Waals surface area contributed by atoms with E-state index in [1.165, 1.54) is 6.19 Å². The molecule has 0 aliphatic carbocycles. The van der Waals surface area contributed by atoms with Gasteiger partial charge in [0.2, 0.25) is 0 Å². The predicted octanol–water partition coefficient (Wildman–Crippen LogP) is -0.167. The van der Waals surface area contributed by atoms with Crippen LogP contribution in [0.25, 0.3) is 0 Å². The van der Waals surface area contributed by atoms with E-state index in [2.05, 4.69) is 4.74 Å². The first kappa shape index (κ1) is 12.1. The second-order valence-corrected chi connectivity index (χ2v) is 0.957. The third-order valence-electron chi connectivity index (χ3n) is 0.433. The number of hydrogen-bond donors (Lipinski definition) is 1. The van der Waals surface area contributed by atoms with Crippen molar-refractivity contribution in [2.45, 2.75) is 6.92 Å². The van der Waals surface area contributed by atoms with Gasteiger partial charge in [0.05, 0.1) is 6.61 Å². The molecule has 1 N–H and O–H groups in total. The van der Waals surface area contributed by atoms with Gasteiger partial charge < -0.3 is 4.74 Å². The van der Waals surface area contributed by atoms with Crippen LogP contribution in [0.15, 0.2) is 0 Å². The number of ether oxygens (including phenoxy) is 1. The Bertz CT molecular complexity index is 120. The van der Waals surface area contributed by atoms with Gasteiger partial charge in [-0.05, 0) is 6.92 Å². The zero-order valence-electron chi connectivity index (χ0n) is 5.47. The summed E-state index contributed by atoms with van der Waals surface area (Å²) >= 11 is 0. The summed E-state index contributed by atoms with van der Waals surface area (Å²) in [5.41, 5.74) is 0. The molecule has 0 atom stereocenters. The van der Waals surface area contributed by atoms with Crippen LogP contribution in [0.4, 0.5) is 4.79 Å². The fourth-order valence-corrected chi connectivity index (χ4v) is 0.213. The van der Waals surface area contributed by atoms with E-state index in [9.17, 15) is 4.79 Å². The van der Waals surface area contributed by atoms with E-state index in [1.807, 2.05) is 0 Å². The van der Waals surface area contributed by atoms with Crippen LogP contribution in [0.2, 0.25) is 0 Å². The van der Waals surface area contributed by atoms with E-state index >= 15 is 0 Å². The van der Waals surface area contributed by atoms with Crippen molar-refractivity contribution in [2.75, 3.05) is 6.61 Å². The summed E-state index contributed by atoms with van der Waals surface area (Å²) in [6, 6.07) is 0. The van der Waals surface area contributed by atoms with Gasteiger partial charge in [0.1, 0.15) is 0 Å². The van der Waals surface area contributed by atoms with Gasteiger partial charge in [0.25, 0.3) is 0 Å². The van der Waals surface area contributed by atoms with Crippen molar-refractivity contribution in [1.29, 1.82) is 5.26 Å². The molecule has 0 unspecified atom stereocenters. The number of carbonyl (C=O) groups is 1. The van der Waals surface area contributed by atoms with Crippen molar-refractivity contribution in [3.8, 4) is 6.19 Å². The van der Waals surface area contributed by atoms with E-state index < -0.39 is 6.09 Å². The summed E-state index contributed by atoms with van der Waals surface area (Å²) in [6.07, 6.45) is 0.729. The van der Waals surface area contributed by atoms with Crippen LogP contribution in [-0.4, -0.2) is 64.1 Å². The van der Waals surface area contributed by atoms with Gasteiger partial charge >= 0.3 is 6.09 Å². The van der Waals surface area contributed by atoms with Crippen molar-refractivity contribution in [2.24, 2.45) is 0 Å². The van der Waals surface area contributed by atoms with Gasteiger partial charge in [-0.25, -0.2) is 10.1 Å². The molecule has 5 heteroatoms. The molecule has 1 amide bonds. The molecular weight excluding hydrogens is 147 g/mol. The smallest absolute Gasteiger partial charge is 0.420 e. The summed E-state index contributed by atoms with van der Waals surface area (Å²) in [4.78, 5) is 10.1. The molecule has 0 spiro atoms. The van der Waals surface area contributed by atoms with Gasteiger partial charge in [-0.15, -0.1) is 0 Å². The Morgan fingerprint density at radius 1 is 1.89 bits per heavy atom. The number of alkyl carbamates (subject to hydrolysis) is 1. The SMILES string of the molecule is CCOC(=O)NC#N.[K]. The maximum atomic E-state index is 10.1. The number of rotatable bonds is 1. The van der Waals surface area contributed by atoms with Crippen molar-refractivity contribution in [3.63, 3.8) is 0 Å². The second kappa shape index (κ2) is 8.40. The quantitative estimate of drug-likeness (QED) is 0.323.